The average molecular weight is 396 g/mol. The summed E-state index contributed by atoms with van der Waals surface area (Å²) < 4.78 is 2.48. The quantitative estimate of drug-likeness (QED) is 0.504. The van der Waals surface area contributed by atoms with E-state index in [1.54, 1.807) is 50.5 Å². The summed E-state index contributed by atoms with van der Waals surface area (Å²) in [6.45, 7) is 7.37. The number of fused-ring (bicyclic) bond motifs is 1. The lowest BCUT2D eigenvalue weighted by atomic mass is 9.84. The van der Waals surface area contributed by atoms with Gasteiger partial charge in [0.25, 0.3) is 5.56 Å². The van der Waals surface area contributed by atoms with Crippen LogP contribution in [-0.4, -0.2) is 46.2 Å². The van der Waals surface area contributed by atoms with Gasteiger partial charge in [0.15, 0.2) is 16.7 Å². The number of hydrogen-bond donors (Lipinski definition) is 2. The fraction of sp³-hybridized carbons (Fsp3) is 0.368. The minimum absolute atomic E-state index is 0.00738. The number of aromatic amines is 1. The molecule has 4 rings (SSSR count). The zero-order chi connectivity index (χ0) is 21.1. The number of amidine groups is 1. The Kier molecular flexibility index (Phi) is 3.95. The molecule has 0 bridgehead atoms. The second-order valence-electron chi connectivity index (χ2n) is 8.23. The normalized spacial score (nSPS) is 18.0. The molecular weight excluding hydrogens is 374 g/mol. The topological polar surface area (TPSA) is 139 Å². The van der Waals surface area contributed by atoms with Gasteiger partial charge in [-0.2, -0.15) is 4.98 Å². The van der Waals surface area contributed by atoms with E-state index in [1.807, 2.05) is 6.07 Å². The van der Waals surface area contributed by atoms with Crippen LogP contribution < -0.4 is 11.3 Å². The summed E-state index contributed by atoms with van der Waals surface area (Å²) in [6.07, 6.45) is 1.51. The van der Waals surface area contributed by atoms with E-state index in [2.05, 4.69) is 15.0 Å². The molecule has 0 saturated carbocycles. The number of aromatic nitrogens is 4. The Labute approximate surface area is 166 Å². The molecule has 0 atom stereocenters. The van der Waals surface area contributed by atoms with Gasteiger partial charge >= 0.3 is 5.84 Å². The molecule has 1 radical (unpaired) electrons. The molecule has 10 heteroatoms. The number of anilines is 1. The maximum absolute atomic E-state index is 12.9. The lowest BCUT2D eigenvalue weighted by Crippen LogP contribution is -2.53. The highest BCUT2D eigenvalue weighted by Gasteiger charge is 2.59. The molecule has 29 heavy (non-hydrogen) atoms. The second-order valence-corrected chi connectivity index (χ2v) is 8.23. The number of imidazole rings is 1. The van der Waals surface area contributed by atoms with Crippen LogP contribution in [0.5, 0.6) is 0 Å². The molecule has 0 saturated heterocycles. The maximum Gasteiger partial charge on any atom is 0.316 e. The minimum Gasteiger partial charge on any atom is -0.714 e. The summed E-state index contributed by atoms with van der Waals surface area (Å²) in [7, 11) is 0. The number of hydrogen-bond acceptors (Lipinski definition) is 6. The first-order chi connectivity index (χ1) is 13.5. The molecule has 1 aliphatic heterocycles. The van der Waals surface area contributed by atoms with Gasteiger partial charge in [0, 0.05) is 5.21 Å². The third kappa shape index (κ3) is 2.67. The number of nitrogen functional groups attached to an aromatic ring is 1. The molecule has 1 aliphatic rings. The molecule has 0 amide bonds. The number of rotatable bonds is 3. The molecule has 0 aliphatic carbocycles. The Morgan fingerprint density at radius 1 is 1.28 bits per heavy atom. The van der Waals surface area contributed by atoms with E-state index < -0.39 is 16.6 Å². The Morgan fingerprint density at radius 2 is 2.00 bits per heavy atom. The van der Waals surface area contributed by atoms with Crippen LogP contribution in [0.1, 0.15) is 38.8 Å². The number of benzene rings is 1. The highest BCUT2D eigenvalue weighted by atomic mass is 16.5. The van der Waals surface area contributed by atoms with Crippen molar-refractivity contribution in [3.63, 3.8) is 0 Å². The maximum atomic E-state index is 12.9. The Morgan fingerprint density at radius 3 is 2.66 bits per heavy atom. The van der Waals surface area contributed by atoms with Crippen LogP contribution in [0.3, 0.4) is 0 Å². The summed E-state index contributed by atoms with van der Waals surface area (Å²) in [5.74, 6) is 0.0871. The fourth-order valence-electron chi connectivity index (χ4n) is 3.44. The molecule has 151 valence electrons. The highest BCUT2D eigenvalue weighted by molar-refractivity contribution is 5.96. The van der Waals surface area contributed by atoms with Gasteiger partial charge in [0.1, 0.15) is 5.54 Å². The van der Waals surface area contributed by atoms with E-state index in [0.29, 0.717) is 17.8 Å². The van der Waals surface area contributed by atoms with Gasteiger partial charge in [-0.05, 0) is 45.4 Å². The number of nitrogens with one attached hydrogen (secondary N) is 1. The van der Waals surface area contributed by atoms with Crippen LogP contribution in [0.15, 0.2) is 35.4 Å². The molecule has 0 unspecified atom stereocenters. The summed E-state index contributed by atoms with van der Waals surface area (Å²) in [5.41, 5.74) is 5.37. The molecule has 3 N–H and O–H groups in total. The lowest BCUT2D eigenvalue weighted by molar-refractivity contribution is -0.539. The van der Waals surface area contributed by atoms with E-state index in [0.717, 1.165) is 15.4 Å². The number of H-pyrrole nitrogens is 1. The van der Waals surface area contributed by atoms with Gasteiger partial charge < -0.3 is 15.5 Å². The first-order valence-corrected chi connectivity index (χ1v) is 9.15. The van der Waals surface area contributed by atoms with Crippen molar-refractivity contribution in [3.8, 4) is 0 Å². The van der Waals surface area contributed by atoms with Gasteiger partial charge in [-0.3, -0.25) is 14.5 Å². The number of hydroxylamine groups is 3. The van der Waals surface area contributed by atoms with E-state index in [1.165, 1.54) is 6.33 Å². The summed E-state index contributed by atoms with van der Waals surface area (Å²) in [6, 6.07) is 7.16. The molecule has 1 aromatic carbocycles. The van der Waals surface area contributed by atoms with Gasteiger partial charge in [-0.25, -0.2) is 4.98 Å². The van der Waals surface area contributed by atoms with E-state index in [4.69, 9.17) is 5.73 Å². The molecule has 10 nitrogen and oxygen atoms in total. The molecule has 3 aromatic rings. The highest BCUT2D eigenvalue weighted by Crippen LogP contribution is 2.37. The Bertz CT molecular complexity index is 1210. The monoisotopic (exact) mass is 396 g/mol. The van der Waals surface area contributed by atoms with Crippen LogP contribution in [0, 0.1) is 5.21 Å². The lowest BCUT2D eigenvalue weighted by Gasteiger charge is -2.32. The van der Waals surface area contributed by atoms with Gasteiger partial charge in [0.05, 0.1) is 18.4 Å². The van der Waals surface area contributed by atoms with Crippen molar-refractivity contribution in [2.45, 2.75) is 45.3 Å². The van der Waals surface area contributed by atoms with E-state index in [-0.39, 0.29) is 17.3 Å². The summed E-state index contributed by atoms with van der Waals surface area (Å²) >= 11 is 0. The third-order valence-electron chi connectivity index (χ3n) is 5.93. The van der Waals surface area contributed by atoms with E-state index in [9.17, 15) is 15.2 Å². The minimum atomic E-state index is -0.886. The van der Waals surface area contributed by atoms with Crippen molar-refractivity contribution in [2.75, 3.05) is 5.73 Å². The summed E-state index contributed by atoms with van der Waals surface area (Å²) in [4.78, 5) is 22.6. The molecular formula is C19H22N7O3. The van der Waals surface area contributed by atoms with Gasteiger partial charge in [0.2, 0.25) is 5.95 Å². The van der Waals surface area contributed by atoms with Crippen LogP contribution >= 0.6 is 0 Å². The zero-order valence-electron chi connectivity index (χ0n) is 16.6. The van der Waals surface area contributed by atoms with Crippen molar-refractivity contribution >= 4 is 22.9 Å². The van der Waals surface area contributed by atoms with E-state index >= 15 is 0 Å². The SMILES string of the molecule is CC1(C)N([O])C(c2cccc(Cn3cnc4c(=O)[nH]c(N)nc43)c2)=[N+]([O-])C1(C)C. The standard InChI is InChI=1S/C19H22N7O3/c1-18(2)19(3,4)26(29)16(25(18)28)12-7-5-6-11(8-12)9-24-10-21-13-14(24)22-17(20)23-15(13)27/h5-8,10H,9H2,1-4H3,(H3,20,22,23,27). The second kappa shape index (κ2) is 6.05. The Hall–Kier alpha value is -3.40. The molecule has 3 heterocycles. The number of nitrogens with zero attached hydrogens (tertiary/aromatic N) is 5. The van der Waals surface area contributed by atoms with Gasteiger partial charge in [-0.1, -0.05) is 17.2 Å². The van der Waals surface area contributed by atoms with Crippen LogP contribution in [0.4, 0.5) is 5.95 Å². The fourth-order valence-corrected chi connectivity index (χ4v) is 3.44. The largest absolute Gasteiger partial charge is 0.714 e. The average Bonchev–Trinajstić information content (AvgIpc) is 3.09. The first-order valence-electron chi connectivity index (χ1n) is 9.15. The predicted molar refractivity (Wildman–Crippen MR) is 107 cm³/mol. The molecule has 0 spiro atoms. The molecule has 0 fully saturated rings. The van der Waals surface area contributed by atoms with Crippen LogP contribution in [0.2, 0.25) is 0 Å². The van der Waals surface area contributed by atoms with Crippen LogP contribution in [0.25, 0.3) is 11.2 Å². The predicted octanol–water partition coefficient (Wildman–Crippen LogP) is 1.23. The summed E-state index contributed by atoms with van der Waals surface area (Å²) in [5, 5.41) is 26.6. The Balaban J connectivity index is 1.75. The zero-order valence-corrected chi connectivity index (χ0v) is 16.6. The van der Waals surface area contributed by atoms with Crippen LogP contribution in [-0.2, 0) is 11.8 Å². The smallest absolute Gasteiger partial charge is 0.316 e. The van der Waals surface area contributed by atoms with Gasteiger partial charge in [-0.15, -0.1) is 0 Å². The van der Waals surface area contributed by atoms with Crippen molar-refractivity contribution in [2.24, 2.45) is 0 Å². The third-order valence-corrected chi connectivity index (χ3v) is 5.93. The van der Waals surface area contributed by atoms with Crippen molar-refractivity contribution in [3.05, 3.63) is 57.3 Å². The molecule has 2 aromatic heterocycles. The number of nitrogens with two attached hydrogens (primary N) is 1. The van der Waals surface area contributed by atoms with Crippen molar-refractivity contribution < 1.29 is 9.95 Å². The van der Waals surface area contributed by atoms with Crippen molar-refractivity contribution in [1.29, 1.82) is 0 Å². The van der Waals surface area contributed by atoms with Crippen molar-refractivity contribution in [1.82, 2.24) is 24.6 Å². The first kappa shape index (κ1) is 18.9.